The summed E-state index contributed by atoms with van der Waals surface area (Å²) in [5.74, 6) is 6.32. The molecule has 0 radical (unpaired) electrons. The van der Waals surface area contributed by atoms with Gasteiger partial charge in [0.1, 0.15) is 0 Å². The Hall–Kier alpha value is -0.0100. The lowest BCUT2D eigenvalue weighted by atomic mass is 9.43. The van der Waals surface area contributed by atoms with Gasteiger partial charge < -0.3 is 5.11 Å². The largest absolute Gasteiger partial charge is 0.393 e. The maximum absolute atomic E-state index is 10.9. The number of fused-ring (bicyclic) bond motifs is 5. The molecule has 0 aromatic carbocycles. The van der Waals surface area contributed by atoms with Gasteiger partial charge in [0.05, 0.1) is 6.10 Å². The van der Waals surface area contributed by atoms with E-state index in [4.69, 9.17) is 11.6 Å². The Kier molecular flexibility index (Phi) is 7.50. The molecule has 1 N–H and O–H groups in total. The van der Waals surface area contributed by atoms with Crippen LogP contribution in [0.15, 0.2) is 11.6 Å². The second kappa shape index (κ2) is 9.56. The molecule has 2 heteroatoms. The van der Waals surface area contributed by atoms with Crippen molar-refractivity contribution >= 4 is 11.6 Å². The van der Waals surface area contributed by atoms with Gasteiger partial charge in [-0.15, -0.1) is 0 Å². The molecule has 4 fully saturated rings. The Labute approximate surface area is 204 Å². The zero-order valence-corrected chi connectivity index (χ0v) is 22.5. The van der Waals surface area contributed by atoms with Crippen molar-refractivity contribution in [2.45, 2.75) is 118 Å². The summed E-state index contributed by atoms with van der Waals surface area (Å²) in [6.07, 6.45) is 15.5. The molecule has 4 rings (SSSR count). The van der Waals surface area contributed by atoms with Crippen molar-refractivity contribution in [3.63, 3.8) is 0 Å². The van der Waals surface area contributed by atoms with E-state index >= 15 is 0 Å². The van der Waals surface area contributed by atoms with E-state index in [1.165, 1.54) is 64.2 Å². The molecule has 0 bridgehead atoms. The summed E-state index contributed by atoms with van der Waals surface area (Å²) in [6.45, 7) is 16.6. The lowest BCUT2D eigenvalue weighted by Crippen LogP contribution is -2.56. The fourth-order valence-electron chi connectivity index (χ4n) is 10.1. The van der Waals surface area contributed by atoms with Gasteiger partial charge in [-0.05, 0) is 116 Å². The molecule has 4 aliphatic carbocycles. The van der Waals surface area contributed by atoms with Gasteiger partial charge in [0.25, 0.3) is 0 Å². The molecule has 1 unspecified atom stereocenters. The van der Waals surface area contributed by atoms with Crippen LogP contribution < -0.4 is 0 Å². The predicted molar refractivity (Wildman–Crippen MR) is 138 cm³/mol. The van der Waals surface area contributed by atoms with E-state index in [0.717, 1.165) is 53.4 Å². The number of allylic oxidation sites excluding steroid dienone is 1. The van der Waals surface area contributed by atoms with Crippen molar-refractivity contribution in [1.29, 1.82) is 0 Å². The van der Waals surface area contributed by atoms with Crippen LogP contribution in [0.2, 0.25) is 0 Å². The van der Waals surface area contributed by atoms with E-state index in [0.29, 0.717) is 22.7 Å². The van der Waals surface area contributed by atoms with Gasteiger partial charge in [-0.1, -0.05) is 72.1 Å². The first-order chi connectivity index (χ1) is 15.1. The van der Waals surface area contributed by atoms with Crippen LogP contribution in [0.4, 0.5) is 0 Å². The number of hydrogen-bond acceptors (Lipinski definition) is 1. The summed E-state index contributed by atoms with van der Waals surface area (Å²) in [5.41, 5.74) is 0.959. The number of aliphatic hydroxyl groups is 1. The van der Waals surface area contributed by atoms with E-state index in [2.05, 4.69) is 41.2 Å². The zero-order valence-electron chi connectivity index (χ0n) is 21.7. The third-order valence-electron chi connectivity index (χ3n) is 11.6. The standard InChI is InChI=1S/C30H51ClO/c1-19(2)8-7-9-20(3)24-12-13-25-22-10-11-26-23(18-21(4)31)28(32)15-17-30(26,6)27(22)14-16-29(24,25)5/h19-20,22-28,32H,4,7-18H2,1-3,5-6H3/t20-,22+,23+,24-,25+,26?,27+,28-,29-,30+/m1/s1. The first-order valence-corrected chi connectivity index (χ1v) is 14.5. The molecule has 32 heavy (non-hydrogen) atoms. The van der Waals surface area contributed by atoms with Gasteiger partial charge in [0.15, 0.2) is 0 Å². The van der Waals surface area contributed by atoms with Crippen LogP contribution in [-0.2, 0) is 0 Å². The van der Waals surface area contributed by atoms with E-state index in [-0.39, 0.29) is 6.10 Å². The van der Waals surface area contributed by atoms with Gasteiger partial charge in [0, 0.05) is 5.03 Å². The minimum Gasteiger partial charge on any atom is -0.393 e. The Morgan fingerprint density at radius 3 is 2.25 bits per heavy atom. The van der Waals surface area contributed by atoms with E-state index < -0.39 is 0 Å². The van der Waals surface area contributed by atoms with E-state index in [1.54, 1.807) is 0 Å². The first-order valence-electron chi connectivity index (χ1n) is 14.1. The van der Waals surface area contributed by atoms with Crippen LogP contribution in [0.25, 0.3) is 0 Å². The summed E-state index contributed by atoms with van der Waals surface area (Å²) in [6, 6.07) is 0. The fourth-order valence-corrected chi connectivity index (χ4v) is 10.2. The van der Waals surface area contributed by atoms with Crippen molar-refractivity contribution in [2.24, 2.45) is 58.2 Å². The van der Waals surface area contributed by atoms with Crippen LogP contribution in [0.1, 0.15) is 112 Å². The number of aliphatic hydroxyl groups excluding tert-OH is 1. The molecule has 0 saturated heterocycles. The fraction of sp³-hybridized carbons (Fsp3) is 0.933. The van der Waals surface area contributed by atoms with Crippen molar-refractivity contribution in [2.75, 3.05) is 0 Å². The Bertz CT molecular complexity index is 672. The zero-order chi connectivity index (χ0) is 23.3. The number of hydrogen-bond donors (Lipinski definition) is 1. The second-order valence-electron chi connectivity index (χ2n) is 13.6. The summed E-state index contributed by atoms with van der Waals surface area (Å²) in [5, 5.41) is 11.6. The molecule has 0 aliphatic heterocycles. The Morgan fingerprint density at radius 2 is 1.56 bits per heavy atom. The average molecular weight is 463 g/mol. The molecular weight excluding hydrogens is 412 g/mol. The highest BCUT2D eigenvalue weighted by Crippen LogP contribution is 2.69. The molecule has 0 aromatic heterocycles. The quantitative estimate of drug-likeness (QED) is 0.400. The van der Waals surface area contributed by atoms with Crippen LogP contribution >= 0.6 is 11.6 Å². The number of halogens is 1. The SMILES string of the molecule is C=C(Cl)C[C@H]1C2CC[C@H]3[C@@H]4CC[C@H]([C@H](C)CCCC(C)C)[C@@]4(C)CC[C@@H]3[C@@]2(C)CC[C@H]1O. The lowest BCUT2D eigenvalue weighted by molar-refractivity contribution is -0.152. The van der Waals surface area contributed by atoms with Crippen molar-refractivity contribution < 1.29 is 5.11 Å². The molecule has 4 aliphatic rings. The highest BCUT2D eigenvalue weighted by molar-refractivity contribution is 6.29. The molecule has 0 amide bonds. The van der Waals surface area contributed by atoms with Crippen LogP contribution in [0.5, 0.6) is 0 Å². The minimum atomic E-state index is -0.184. The molecule has 184 valence electrons. The summed E-state index contributed by atoms with van der Waals surface area (Å²) >= 11 is 6.28. The first kappa shape index (κ1) is 25.1. The summed E-state index contributed by atoms with van der Waals surface area (Å²) in [4.78, 5) is 0. The third kappa shape index (κ3) is 4.36. The smallest absolute Gasteiger partial charge is 0.0575 e. The van der Waals surface area contributed by atoms with E-state index in [1.807, 2.05) is 0 Å². The Balaban J connectivity index is 1.49. The average Bonchev–Trinajstić information content (AvgIpc) is 3.07. The molecule has 0 heterocycles. The Morgan fingerprint density at radius 1 is 0.906 bits per heavy atom. The van der Waals surface area contributed by atoms with Gasteiger partial charge in [-0.3, -0.25) is 0 Å². The van der Waals surface area contributed by atoms with Gasteiger partial charge >= 0.3 is 0 Å². The highest BCUT2D eigenvalue weighted by atomic mass is 35.5. The van der Waals surface area contributed by atoms with Crippen LogP contribution in [-0.4, -0.2) is 11.2 Å². The monoisotopic (exact) mass is 462 g/mol. The van der Waals surface area contributed by atoms with E-state index in [9.17, 15) is 5.11 Å². The molecule has 1 nitrogen and oxygen atoms in total. The van der Waals surface area contributed by atoms with Crippen molar-refractivity contribution in [3.05, 3.63) is 11.6 Å². The molecule has 0 spiro atoms. The molecule has 10 atom stereocenters. The van der Waals surface area contributed by atoms with Gasteiger partial charge in [-0.2, -0.15) is 0 Å². The maximum Gasteiger partial charge on any atom is 0.0575 e. The number of rotatable bonds is 7. The van der Waals surface area contributed by atoms with Crippen molar-refractivity contribution in [3.8, 4) is 0 Å². The summed E-state index contributed by atoms with van der Waals surface area (Å²) in [7, 11) is 0. The molecule has 4 saturated carbocycles. The second-order valence-corrected chi connectivity index (χ2v) is 14.1. The van der Waals surface area contributed by atoms with Crippen LogP contribution in [0.3, 0.4) is 0 Å². The van der Waals surface area contributed by atoms with Gasteiger partial charge in [-0.25, -0.2) is 0 Å². The summed E-state index contributed by atoms with van der Waals surface area (Å²) < 4.78 is 0. The molecule has 0 aromatic rings. The van der Waals surface area contributed by atoms with Crippen molar-refractivity contribution in [1.82, 2.24) is 0 Å². The predicted octanol–water partition coefficient (Wildman–Crippen LogP) is 8.84. The normalized spacial score (nSPS) is 46.9. The lowest BCUT2D eigenvalue weighted by Gasteiger charge is -2.63. The van der Waals surface area contributed by atoms with Crippen LogP contribution in [0, 0.1) is 58.2 Å². The topological polar surface area (TPSA) is 20.2 Å². The molecular formula is C30H51ClO. The van der Waals surface area contributed by atoms with Gasteiger partial charge in [0.2, 0.25) is 0 Å². The maximum atomic E-state index is 10.9. The third-order valence-corrected chi connectivity index (χ3v) is 11.7. The highest BCUT2D eigenvalue weighted by Gasteiger charge is 2.61. The minimum absolute atomic E-state index is 0.184.